The standard InChI is InChI=1S/C13H26OS2/c14-13(16)11-9-7-5-3-1-2-4-6-8-10-12-15/h15H,1-12H2,(H,14,16). The Morgan fingerprint density at radius 3 is 1.44 bits per heavy atom. The smallest absolute Gasteiger partial charge is 0.185 e. The van der Waals surface area contributed by atoms with E-state index in [0.717, 1.165) is 12.2 Å². The first-order valence-electron chi connectivity index (χ1n) is 6.60. The monoisotopic (exact) mass is 262 g/mol. The summed E-state index contributed by atoms with van der Waals surface area (Å²) in [5.41, 5.74) is 0. The fraction of sp³-hybridized carbons (Fsp3) is 0.923. The number of carbonyl (C=O) groups is 1. The van der Waals surface area contributed by atoms with Crippen LogP contribution in [0.25, 0.3) is 0 Å². The number of hydrogen-bond acceptors (Lipinski definition) is 2. The first-order valence-corrected chi connectivity index (χ1v) is 7.68. The summed E-state index contributed by atoms with van der Waals surface area (Å²) in [6, 6.07) is 0. The van der Waals surface area contributed by atoms with Crippen LogP contribution in [0.3, 0.4) is 0 Å². The average Bonchev–Trinajstić information content (AvgIpc) is 2.25. The molecule has 0 atom stereocenters. The van der Waals surface area contributed by atoms with E-state index < -0.39 is 0 Å². The highest BCUT2D eigenvalue weighted by atomic mass is 32.1. The molecule has 0 bridgehead atoms. The Hall–Kier alpha value is 0.370. The van der Waals surface area contributed by atoms with Gasteiger partial charge in [-0.25, -0.2) is 0 Å². The zero-order chi connectivity index (χ0) is 12.1. The molecule has 0 aromatic carbocycles. The Balaban J connectivity index is 2.90. The van der Waals surface area contributed by atoms with E-state index in [1.807, 2.05) is 0 Å². The molecule has 0 rings (SSSR count). The molecule has 0 radical (unpaired) electrons. The lowest BCUT2D eigenvalue weighted by molar-refractivity contribution is -0.110. The van der Waals surface area contributed by atoms with Crippen LogP contribution in [0.1, 0.15) is 70.6 Å². The molecule has 0 aromatic heterocycles. The van der Waals surface area contributed by atoms with Crippen molar-refractivity contribution in [3.63, 3.8) is 0 Å². The van der Waals surface area contributed by atoms with Gasteiger partial charge in [0, 0.05) is 6.42 Å². The summed E-state index contributed by atoms with van der Waals surface area (Å²) in [6.07, 6.45) is 13.5. The van der Waals surface area contributed by atoms with E-state index in [9.17, 15) is 4.79 Å². The molecular weight excluding hydrogens is 236 g/mol. The lowest BCUT2D eigenvalue weighted by Crippen LogP contribution is -1.86. The molecule has 0 aromatic rings. The van der Waals surface area contributed by atoms with Crippen molar-refractivity contribution in [3.05, 3.63) is 0 Å². The van der Waals surface area contributed by atoms with Crippen LogP contribution >= 0.6 is 25.3 Å². The van der Waals surface area contributed by atoms with Crippen LogP contribution < -0.4 is 0 Å². The third-order valence-electron chi connectivity index (χ3n) is 2.80. The molecule has 0 fully saturated rings. The van der Waals surface area contributed by atoms with Gasteiger partial charge >= 0.3 is 0 Å². The van der Waals surface area contributed by atoms with Gasteiger partial charge in [-0.1, -0.05) is 51.4 Å². The van der Waals surface area contributed by atoms with E-state index >= 15 is 0 Å². The van der Waals surface area contributed by atoms with Gasteiger partial charge in [0.1, 0.15) is 0 Å². The van der Waals surface area contributed by atoms with Crippen LogP contribution in [0.5, 0.6) is 0 Å². The van der Waals surface area contributed by atoms with Crippen LogP contribution in [-0.2, 0) is 4.79 Å². The molecule has 0 spiro atoms. The number of thiol groups is 2. The molecule has 16 heavy (non-hydrogen) atoms. The molecule has 0 saturated carbocycles. The molecular formula is C13H26OS2. The largest absolute Gasteiger partial charge is 0.288 e. The summed E-state index contributed by atoms with van der Waals surface area (Å²) in [5, 5.41) is 0.0317. The predicted molar refractivity (Wildman–Crippen MR) is 78.6 cm³/mol. The van der Waals surface area contributed by atoms with Gasteiger partial charge in [0.2, 0.25) is 0 Å². The number of hydrogen-bond donors (Lipinski definition) is 2. The summed E-state index contributed by atoms with van der Waals surface area (Å²) >= 11 is 7.95. The Morgan fingerprint density at radius 2 is 1.06 bits per heavy atom. The van der Waals surface area contributed by atoms with Crippen molar-refractivity contribution in [2.75, 3.05) is 5.75 Å². The summed E-state index contributed by atoms with van der Waals surface area (Å²) in [5.74, 6) is 1.03. The number of rotatable bonds is 12. The molecule has 3 heteroatoms. The molecule has 1 nitrogen and oxygen atoms in total. The minimum atomic E-state index is 0.0317. The predicted octanol–water partition coefficient (Wildman–Crippen LogP) is 4.66. The Kier molecular flexibility index (Phi) is 13.7. The van der Waals surface area contributed by atoms with Gasteiger partial charge < -0.3 is 0 Å². The van der Waals surface area contributed by atoms with Crippen LogP contribution in [0.4, 0.5) is 0 Å². The van der Waals surface area contributed by atoms with Crippen molar-refractivity contribution in [2.24, 2.45) is 0 Å². The number of unbranched alkanes of at least 4 members (excludes halogenated alkanes) is 9. The average molecular weight is 262 g/mol. The molecule has 0 heterocycles. The fourth-order valence-corrected chi connectivity index (χ4v) is 2.18. The van der Waals surface area contributed by atoms with Crippen LogP contribution in [-0.4, -0.2) is 10.9 Å². The van der Waals surface area contributed by atoms with Crippen molar-refractivity contribution in [1.29, 1.82) is 0 Å². The second-order valence-corrected chi connectivity index (χ2v) is 5.35. The van der Waals surface area contributed by atoms with Crippen LogP contribution in [0.2, 0.25) is 0 Å². The van der Waals surface area contributed by atoms with Crippen molar-refractivity contribution in [2.45, 2.75) is 70.6 Å². The maximum atomic E-state index is 10.6. The normalized spacial score (nSPS) is 10.6. The summed E-state index contributed by atoms with van der Waals surface area (Å²) < 4.78 is 0. The van der Waals surface area contributed by atoms with E-state index in [0.29, 0.717) is 6.42 Å². The third-order valence-corrected chi connectivity index (χ3v) is 3.34. The third kappa shape index (κ3) is 14.4. The second kappa shape index (κ2) is 13.4. The van der Waals surface area contributed by atoms with Crippen LogP contribution in [0, 0.1) is 0 Å². The minimum Gasteiger partial charge on any atom is -0.288 e. The molecule has 0 saturated heterocycles. The zero-order valence-electron chi connectivity index (χ0n) is 10.3. The Morgan fingerprint density at radius 1 is 0.688 bits per heavy atom. The second-order valence-electron chi connectivity index (χ2n) is 4.40. The van der Waals surface area contributed by atoms with Gasteiger partial charge in [0.05, 0.1) is 0 Å². The highest BCUT2D eigenvalue weighted by Gasteiger charge is 1.95. The van der Waals surface area contributed by atoms with Gasteiger partial charge in [-0.2, -0.15) is 12.6 Å². The first kappa shape index (κ1) is 16.4. The highest BCUT2D eigenvalue weighted by molar-refractivity contribution is 7.96. The fourth-order valence-electron chi connectivity index (χ4n) is 1.80. The SMILES string of the molecule is O=C(S)CCCCCCCCCCCCS. The van der Waals surface area contributed by atoms with Crippen molar-refractivity contribution in [3.8, 4) is 0 Å². The summed E-state index contributed by atoms with van der Waals surface area (Å²) in [4.78, 5) is 10.6. The summed E-state index contributed by atoms with van der Waals surface area (Å²) in [7, 11) is 0. The maximum absolute atomic E-state index is 10.6. The molecule has 0 amide bonds. The molecule has 0 aliphatic rings. The molecule has 0 N–H and O–H groups in total. The van der Waals surface area contributed by atoms with Gasteiger partial charge in [-0.15, -0.1) is 12.6 Å². The molecule has 96 valence electrons. The molecule has 0 unspecified atom stereocenters. The topological polar surface area (TPSA) is 17.1 Å². The van der Waals surface area contributed by atoms with Gasteiger partial charge in [-0.3, -0.25) is 4.79 Å². The van der Waals surface area contributed by atoms with E-state index in [1.54, 1.807) is 0 Å². The Labute approximate surface area is 112 Å². The maximum Gasteiger partial charge on any atom is 0.185 e. The van der Waals surface area contributed by atoms with Crippen molar-refractivity contribution in [1.82, 2.24) is 0 Å². The van der Waals surface area contributed by atoms with Gasteiger partial charge in [0.15, 0.2) is 5.12 Å². The quantitative estimate of drug-likeness (QED) is 0.386. The lowest BCUT2D eigenvalue weighted by atomic mass is 10.1. The van der Waals surface area contributed by atoms with Gasteiger partial charge in [-0.05, 0) is 18.6 Å². The van der Waals surface area contributed by atoms with Crippen molar-refractivity contribution >= 4 is 30.4 Å². The first-order chi connectivity index (χ1) is 7.77. The zero-order valence-corrected chi connectivity index (χ0v) is 12.1. The minimum absolute atomic E-state index is 0.0317. The summed E-state index contributed by atoms with van der Waals surface area (Å²) in [6.45, 7) is 0. The van der Waals surface area contributed by atoms with Crippen LogP contribution in [0.15, 0.2) is 0 Å². The molecule has 0 aliphatic carbocycles. The van der Waals surface area contributed by atoms with Gasteiger partial charge in [0.25, 0.3) is 0 Å². The van der Waals surface area contributed by atoms with E-state index in [-0.39, 0.29) is 5.12 Å². The lowest BCUT2D eigenvalue weighted by Gasteiger charge is -2.01. The Bertz CT molecular complexity index is 160. The highest BCUT2D eigenvalue weighted by Crippen LogP contribution is 2.11. The van der Waals surface area contributed by atoms with E-state index in [2.05, 4.69) is 25.3 Å². The molecule has 0 aliphatic heterocycles. The van der Waals surface area contributed by atoms with Crippen molar-refractivity contribution < 1.29 is 4.79 Å². The van der Waals surface area contributed by atoms with E-state index in [1.165, 1.54) is 57.8 Å². The number of carbonyl (C=O) groups excluding carboxylic acids is 1. The van der Waals surface area contributed by atoms with E-state index in [4.69, 9.17) is 0 Å².